The number of halogens is 1. The number of carbonyl (C=O) groups is 1. The summed E-state index contributed by atoms with van der Waals surface area (Å²) >= 11 is 3.21. The van der Waals surface area contributed by atoms with Gasteiger partial charge in [0, 0.05) is 4.47 Å². The van der Waals surface area contributed by atoms with Crippen LogP contribution >= 0.6 is 15.9 Å². The second-order valence-electron chi connectivity index (χ2n) is 2.48. The van der Waals surface area contributed by atoms with E-state index in [0.29, 0.717) is 11.1 Å². The third-order valence-corrected chi connectivity index (χ3v) is 2.02. The maximum Gasteiger partial charge on any atom is 0.307 e. The van der Waals surface area contributed by atoms with Crippen molar-refractivity contribution in [2.24, 2.45) is 0 Å². The lowest BCUT2D eigenvalue weighted by Gasteiger charge is -2.00. The summed E-state index contributed by atoms with van der Waals surface area (Å²) in [6.07, 6.45) is -0.123. The Hall–Kier alpha value is -1.34. The number of nitrogens with zero attached hydrogens (tertiary/aromatic N) is 1. The van der Waals surface area contributed by atoms with E-state index in [1.807, 2.05) is 6.07 Å². The molecule has 0 aliphatic heterocycles. The summed E-state index contributed by atoms with van der Waals surface area (Å²) in [7, 11) is 0. The predicted octanol–water partition coefficient (Wildman–Crippen LogP) is 1.95. The molecule has 0 atom stereocenters. The molecule has 13 heavy (non-hydrogen) atoms. The number of aliphatic carboxylic acids is 1. The zero-order chi connectivity index (χ0) is 9.84. The Bertz CT molecular complexity index is 382. The van der Waals surface area contributed by atoms with Gasteiger partial charge >= 0.3 is 5.97 Å². The van der Waals surface area contributed by atoms with Crippen molar-refractivity contribution in [3.05, 3.63) is 33.8 Å². The van der Waals surface area contributed by atoms with Gasteiger partial charge < -0.3 is 5.11 Å². The van der Waals surface area contributed by atoms with Gasteiger partial charge in [-0.2, -0.15) is 5.26 Å². The number of nitriles is 1. The second-order valence-corrected chi connectivity index (χ2v) is 3.40. The Kier molecular flexibility index (Phi) is 3.04. The third-order valence-electron chi connectivity index (χ3n) is 1.53. The lowest BCUT2D eigenvalue weighted by molar-refractivity contribution is -0.136. The highest BCUT2D eigenvalue weighted by atomic mass is 79.9. The van der Waals surface area contributed by atoms with Crippen molar-refractivity contribution >= 4 is 21.9 Å². The molecule has 1 aromatic carbocycles. The summed E-state index contributed by atoms with van der Waals surface area (Å²) < 4.78 is 0.780. The van der Waals surface area contributed by atoms with Gasteiger partial charge in [0.25, 0.3) is 0 Å². The Morgan fingerprint density at radius 2 is 2.31 bits per heavy atom. The summed E-state index contributed by atoms with van der Waals surface area (Å²) in [5, 5.41) is 17.2. The van der Waals surface area contributed by atoms with Gasteiger partial charge in [0.05, 0.1) is 18.1 Å². The zero-order valence-corrected chi connectivity index (χ0v) is 8.21. The van der Waals surface area contributed by atoms with E-state index in [-0.39, 0.29) is 6.42 Å². The fourth-order valence-corrected chi connectivity index (χ4v) is 1.39. The van der Waals surface area contributed by atoms with Gasteiger partial charge in [-0.25, -0.2) is 0 Å². The van der Waals surface area contributed by atoms with Crippen molar-refractivity contribution in [3.63, 3.8) is 0 Å². The lowest BCUT2D eigenvalue weighted by atomic mass is 10.1. The van der Waals surface area contributed by atoms with E-state index in [9.17, 15) is 4.79 Å². The predicted molar refractivity (Wildman–Crippen MR) is 50.2 cm³/mol. The van der Waals surface area contributed by atoms with Gasteiger partial charge in [-0.05, 0) is 23.8 Å². The van der Waals surface area contributed by atoms with E-state index in [1.54, 1.807) is 18.2 Å². The van der Waals surface area contributed by atoms with Gasteiger partial charge in [0.1, 0.15) is 0 Å². The van der Waals surface area contributed by atoms with Crippen LogP contribution in [0.1, 0.15) is 11.1 Å². The minimum absolute atomic E-state index is 0.123. The molecule has 0 spiro atoms. The molecule has 0 amide bonds. The first-order valence-electron chi connectivity index (χ1n) is 3.54. The van der Waals surface area contributed by atoms with E-state index in [4.69, 9.17) is 10.4 Å². The first kappa shape index (κ1) is 9.75. The molecule has 4 heteroatoms. The van der Waals surface area contributed by atoms with Gasteiger partial charge in [0.15, 0.2) is 0 Å². The van der Waals surface area contributed by atoms with Crippen LogP contribution in [0.2, 0.25) is 0 Å². The normalized spacial score (nSPS) is 9.23. The molecule has 0 aliphatic rings. The highest BCUT2D eigenvalue weighted by Gasteiger charge is 2.06. The zero-order valence-electron chi connectivity index (χ0n) is 6.62. The fraction of sp³-hybridized carbons (Fsp3) is 0.111. The van der Waals surface area contributed by atoms with Gasteiger partial charge in [-0.15, -0.1) is 0 Å². The average Bonchev–Trinajstić information content (AvgIpc) is 2.03. The van der Waals surface area contributed by atoms with Crippen molar-refractivity contribution < 1.29 is 9.90 Å². The molecule has 3 nitrogen and oxygen atoms in total. The highest BCUT2D eigenvalue weighted by molar-refractivity contribution is 9.10. The molecule has 0 heterocycles. The van der Waals surface area contributed by atoms with Crippen molar-refractivity contribution in [1.82, 2.24) is 0 Å². The van der Waals surface area contributed by atoms with Crippen LogP contribution in [-0.4, -0.2) is 11.1 Å². The first-order chi connectivity index (χ1) is 6.13. The standard InChI is InChI=1S/C9H6BrNO2/c10-8-2-1-6(5-11)7(3-8)4-9(12)13/h1-3H,4H2,(H,12,13). The van der Waals surface area contributed by atoms with Crippen LogP contribution in [0.15, 0.2) is 22.7 Å². The Labute approximate surface area is 83.7 Å². The van der Waals surface area contributed by atoms with E-state index in [2.05, 4.69) is 15.9 Å². The number of hydrogen-bond donors (Lipinski definition) is 1. The smallest absolute Gasteiger partial charge is 0.307 e. The quantitative estimate of drug-likeness (QED) is 0.859. The maximum atomic E-state index is 10.4. The van der Waals surface area contributed by atoms with Crippen LogP contribution in [-0.2, 0) is 11.2 Å². The van der Waals surface area contributed by atoms with E-state index >= 15 is 0 Å². The summed E-state index contributed by atoms with van der Waals surface area (Å²) in [4.78, 5) is 10.4. The van der Waals surface area contributed by atoms with E-state index in [0.717, 1.165) is 4.47 Å². The van der Waals surface area contributed by atoms with Gasteiger partial charge in [0.2, 0.25) is 0 Å². The van der Waals surface area contributed by atoms with E-state index in [1.165, 1.54) is 0 Å². The summed E-state index contributed by atoms with van der Waals surface area (Å²) in [6.45, 7) is 0. The van der Waals surface area contributed by atoms with Gasteiger partial charge in [-0.1, -0.05) is 15.9 Å². The molecule has 0 saturated carbocycles. The first-order valence-corrected chi connectivity index (χ1v) is 4.33. The molecule has 1 aromatic rings. The number of benzene rings is 1. The molecule has 0 aliphatic carbocycles. The Balaban J connectivity index is 3.10. The largest absolute Gasteiger partial charge is 0.481 e. The summed E-state index contributed by atoms with van der Waals surface area (Å²) in [6, 6.07) is 6.90. The molecule has 1 rings (SSSR count). The molecular formula is C9H6BrNO2. The lowest BCUT2D eigenvalue weighted by Crippen LogP contribution is -2.02. The molecule has 0 unspecified atom stereocenters. The average molecular weight is 240 g/mol. The molecular weight excluding hydrogens is 234 g/mol. The van der Waals surface area contributed by atoms with Crippen molar-refractivity contribution in [1.29, 1.82) is 5.26 Å². The van der Waals surface area contributed by atoms with Crippen LogP contribution < -0.4 is 0 Å². The van der Waals surface area contributed by atoms with Crippen molar-refractivity contribution in [2.45, 2.75) is 6.42 Å². The molecule has 0 bridgehead atoms. The van der Waals surface area contributed by atoms with Crippen LogP contribution in [0.4, 0.5) is 0 Å². The minimum atomic E-state index is -0.936. The van der Waals surface area contributed by atoms with Gasteiger partial charge in [-0.3, -0.25) is 4.79 Å². The van der Waals surface area contributed by atoms with E-state index < -0.39 is 5.97 Å². The maximum absolute atomic E-state index is 10.4. The van der Waals surface area contributed by atoms with Crippen molar-refractivity contribution in [2.75, 3.05) is 0 Å². The molecule has 0 saturated heterocycles. The molecule has 0 fully saturated rings. The number of hydrogen-bond acceptors (Lipinski definition) is 2. The SMILES string of the molecule is N#Cc1ccc(Br)cc1CC(=O)O. The molecule has 66 valence electrons. The Morgan fingerprint density at radius 1 is 1.62 bits per heavy atom. The molecule has 0 radical (unpaired) electrons. The topological polar surface area (TPSA) is 61.1 Å². The second kappa shape index (κ2) is 4.06. The van der Waals surface area contributed by atoms with Crippen LogP contribution in [0.3, 0.4) is 0 Å². The fourth-order valence-electron chi connectivity index (χ4n) is 0.981. The number of carboxylic acids is 1. The monoisotopic (exact) mass is 239 g/mol. The van der Waals surface area contributed by atoms with Crippen LogP contribution in [0.5, 0.6) is 0 Å². The summed E-state index contributed by atoms with van der Waals surface area (Å²) in [5.41, 5.74) is 0.940. The number of carboxylic acid groups (broad SMARTS) is 1. The molecule has 1 N–H and O–H groups in total. The van der Waals surface area contributed by atoms with Crippen LogP contribution in [0.25, 0.3) is 0 Å². The van der Waals surface area contributed by atoms with Crippen molar-refractivity contribution in [3.8, 4) is 6.07 Å². The molecule has 0 aromatic heterocycles. The minimum Gasteiger partial charge on any atom is -0.481 e. The number of rotatable bonds is 2. The Morgan fingerprint density at radius 3 is 2.85 bits per heavy atom. The summed E-state index contributed by atoms with van der Waals surface area (Å²) in [5.74, 6) is -0.936. The highest BCUT2D eigenvalue weighted by Crippen LogP contribution is 2.16. The van der Waals surface area contributed by atoms with Crippen LogP contribution in [0, 0.1) is 11.3 Å². The third kappa shape index (κ3) is 2.56.